The van der Waals surface area contributed by atoms with Crippen LogP contribution >= 0.6 is 0 Å². The van der Waals surface area contributed by atoms with E-state index in [0.29, 0.717) is 6.04 Å². The van der Waals surface area contributed by atoms with E-state index in [1.165, 1.54) is 12.8 Å². The van der Waals surface area contributed by atoms with E-state index >= 15 is 0 Å². The van der Waals surface area contributed by atoms with E-state index in [-0.39, 0.29) is 5.92 Å². The number of nitrogens with zero attached hydrogens (tertiary/aromatic N) is 1. The van der Waals surface area contributed by atoms with Crippen molar-refractivity contribution in [2.24, 2.45) is 11.8 Å². The van der Waals surface area contributed by atoms with Gasteiger partial charge >= 0.3 is 5.97 Å². The lowest BCUT2D eigenvalue weighted by molar-refractivity contribution is -0.144. The summed E-state index contributed by atoms with van der Waals surface area (Å²) in [6, 6.07) is 0.425. The number of aliphatic carboxylic acids is 1. The molecule has 1 saturated heterocycles. The first-order valence-corrected chi connectivity index (χ1v) is 6.51. The summed E-state index contributed by atoms with van der Waals surface area (Å²) in [6.45, 7) is 8.75. The van der Waals surface area contributed by atoms with Crippen molar-refractivity contribution in [3.8, 4) is 0 Å². The van der Waals surface area contributed by atoms with E-state index in [1.807, 2.05) is 0 Å². The average molecular weight is 227 g/mol. The first kappa shape index (κ1) is 13.5. The summed E-state index contributed by atoms with van der Waals surface area (Å²) in [5, 5.41) is 8.99. The third-order valence-electron chi connectivity index (χ3n) is 3.69. The first-order valence-electron chi connectivity index (χ1n) is 6.51. The third-order valence-corrected chi connectivity index (χ3v) is 3.69. The molecule has 0 saturated carbocycles. The van der Waals surface area contributed by atoms with Gasteiger partial charge in [-0.3, -0.25) is 4.79 Å². The summed E-state index contributed by atoms with van der Waals surface area (Å²) < 4.78 is 0. The lowest BCUT2D eigenvalue weighted by Crippen LogP contribution is -2.44. The summed E-state index contributed by atoms with van der Waals surface area (Å²) in [5.74, 6) is -0.00494. The molecule has 3 heteroatoms. The molecule has 1 heterocycles. The van der Waals surface area contributed by atoms with Gasteiger partial charge in [0.15, 0.2) is 0 Å². The van der Waals surface area contributed by atoms with Gasteiger partial charge in [0.1, 0.15) is 0 Å². The smallest absolute Gasteiger partial charge is 0.306 e. The van der Waals surface area contributed by atoms with Crippen LogP contribution in [0.4, 0.5) is 0 Å². The van der Waals surface area contributed by atoms with Crippen molar-refractivity contribution in [3.05, 3.63) is 0 Å². The second kappa shape index (κ2) is 6.24. The molecule has 0 radical (unpaired) electrons. The van der Waals surface area contributed by atoms with E-state index < -0.39 is 5.97 Å². The van der Waals surface area contributed by atoms with Gasteiger partial charge in [0.25, 0.3) is 0 Å². The maximum atomic E-state index is 10.9. The fraction of sp³-hybridized carbons (Fsp3) is 0.923. The number of hydrogen-bond donors (Lipinski definition) is 1. The van der Waals surface area contributed by atoms with Crippen molar-refractivity contribution in [2.75, 3.05) is 13.1 Å². The van der Waals surface area contributed by atoms with Gasteiger partial charge in [-0.2, -0.15) is 0 Å². The highest BCUT2D eigenvalue weighted by Crippen LogP contribution is 2.24. The third kappa shape index (κ3) is 3.78. The Bertz CT molecular complexity index is 230. The van der Waals surface area contributed by atoms with Crippen LogP contribution < -0.4 is 0 Å². The molecular weight excluding hydrogens is 202 g/mol. The molecule has 0 bridgehead atoms. The fourth-order valence-corrected chi connectivity index (χ4v) is 2.70. The van der Waals surface area contributed by atoms with Crippen molar-refractivity contribution >= 4 is 5.97 Å². The van der Waals surface area contributed by atoms with E-state index in [9.17, 15) is 4.79 Å². The van der Waals surface area contributed by atoms with Crippen molar-refractivity contribution in [1.82, 2.24) is 4.90 Å². The highest BCUT2D eigenvalue weighted by molar-refractivity contribution is 5.70. The summed E-state index contributed by atoms with van der Waals surface area (Å²) in [6.07, 6.45) is 4.14. The molecule has 0 aliphatic carbocycles. The normalized spacial score (nSPS) is 28.9. The molecule has 1 fully saturated rings. The molecule has 1 rings (SSSR count). The highest BCUT2D eigenvalue weighted by atomic mass is 16.4. The maximum Gasteiger partial charge on any atom is 0.306 e. The van der Waals surface area contributed by atoms with Crippen molar-refractivity contribution in [1.29, 1.82) is 0 Å². The molecule has 0 aromatic rings. The van der Waals surface area contributed by atoms with Crippen molar-refractivity contribution in [3.63, 3.8) is 0 Å². The van der Waals surface area contributed by atoms with Gasteiger partial charge in [0.2, 0.25) is 0 Å². The number of likely N-dealkylation sites (tertiary alicyclic amines) is 1. The van der Waals surface area contributed by atoms with E-state index in [1.54, 1.807) is 0 Å². The minimum atomic E-state index is -0.617. The van der Waals surface area contributed by atoms with Crippen molar-refractivity contribution in [2.45, 2.75) is 52.5 Å². The zero-order chi connectivity index (χ0) is 12.1. The molecule has 1 aliphatic heterocycles. The molecule has 0 spiro atoms. The minimum Gasteiger partial charge on any atom is -0.481 e. The van der Waals surface area contributed by atoms with Crippen LogP contribution in [-0.2, 0) is 4.79 Å². The van der Waals surface area contributed by atoms with Gasteiger partial charge in [0, 0.05) is 12.6 Å². The Kier molecular flexibility index (Phi) is 5.26. The second-order valence-corrected chi connectivity index (χ2v) is 5.30. The van der Waals surface area contributed by atoms with Gasteiger partial charge in [0.05, 0.1) is 5.92 Å². The number of carbonyl (C=O) groups is 1. The zero-order valence-electron chi connectivity index (χ0n) is 10.8. The Balaban J connectivity index is 2.38. The summed E-state index contributed by atoms with van der Waals surface area (Å²) >= 11 is 0. The van der Waals surface area contributed by atoms with Crippen LogP contribution in [0.5, 0.6) is 0 Å². The zero-order valence-corrected chi connectivity index (χ0v) is 10.8. The van der Waals surface area contributed by atoms with E-state index in [2.05, 4.69) is 25.7 Å². The standard InChI is InChI=1S/C13H25NO2/c1-4-5-10(2)9-14-7-6-12(13(15)16)8-11(14)3/h10-12H,4-9H2,1-3H3,(H,15,16). The van der Waals surface area contributed by atoms with Gasteiger partial charge in [-0.25, -0.2) is 0 Å². The molecule has 3 atom stereocenters. The van der Waals surface area contributed by atoms with Crippen LogP contribution in [0.2, 0.25) is 0 Å². The van der Waals surface area contributed by atoms with Crippen molar-refractivity contribution < 1.29 is 9.90 Å². The number of piperidine rings is 1. The molecule has 94 valence electrons. The molecule has 1 aliphatic rings. The van der Waals surface area contributed by atoms with Gasteiger partial charge in [-0.1, -0.05) is 20.3 Å². The average Bonchev–Trinajstić information content (AvgIpc) is 2.21. The summed E-state index contributed by atoms with van der Waals surface area (Å²) in [5.41, 5.74) is 0. The topological polar surface area (TPSA) is 40.5 Å². The van der Waals surface area contributed by atoms with Crippen LogP contribution in [0.1, 0.15) is 46.5 Å². The predicted molar refractivity (Wildman–Crippen MR) is 65.5 cm³/mol. The molecule has 1 N–H and O–H groups in total. The first-order chi connectivity index (χ1) is 7.54. The maximum absolute atomic E-state index is 10.9. The number of rotatable bonds is 5. The van der Waals surface area contributed by atoms with Crippen LogP contribution in [0.15, 0.2) is 0 Å². The quantitative estimate of drug-likeness (QED) is 0.785. The van der Waals surface area contributed by atoms with Gasteiger partial charge in [-0.05, 0) is 38.6 Å². The van der Waals surface area contributed by atoms with Crippen LogP contribution in [0.25, 0.3) is 0 Å². The van der Waals surface area contributed by atoms with E-state index in [4.69, 9.17) is 5.11 Å². The van der Waals surface area contributed by atoms with Crippen LogP contribution in [-0.4, -0.2) is 35.1 Å². The van der Waals surface area contributed by atoms with E-state index in [0.717, 1.165) is 31.8 Å². The Labute approximate surface area is 98.8 Å². The molecule has 0 aromatic carbocycles. The highest BCUT2D eigenvalue weighted by Gasteiger charge is 2.29. The minimum absolute atomic E-state index is 0.118. The second-order valence-electron chi connectivity index (χ2n) is 5.30. The fourth-order valence-electron chi connectivity index (χ4n) is 2.70. The SMILES string of the molecule is CCCC(C)CN1CCC(C(=O)O)CC1C. The predicted octanol–water partition coefficient (Wildman–Crippen LogP) is 2.61. The number of carboxylic acid groups (broad SMARTS) is 1. The molecule has 0 amide bonds. The molecular formula is C13H25NO2. The Morgan fingerprint density at radius 2 is 2.25 bits per heavy atom. The van der Waals surface area contributed by atoms with Gasteiger partial charge < -0.3 is 10.0 Å². The van der Waals surface area contributed by atoms with Crippen LogP contribution in [0, 0.1) is 11.8 Å². The lowest BCUT2D eigenvalue weighted by Gasteiger charge is -2.37. The molecule has 3 unspecified atom stereocenters. The van der Waals surface area contributed by atoms with Gasteiger partial charge in [-0.15, -0.1) is 0 Å². The summed E-state index contributed by atoms with van der Waals surface area (Å²) in [7, 11) is 0. The molecule has 3 nitrogen and oxygen atoms in total. The Hall–Kier alpha value is -0.570. The Morgan fingerprint density at radius 3 is 2.75 bits per heavy atom. The molecule has 16 heavy (non-hydrogen) atoms. The molecule has 0 aromatic heterocycles. The lowest BCUT2D eigenvalue weighted by atomic mass is 9.90. The monoisotopic (exact) mass is 227 g/mol. The largest absolute Gasteiger partial charge is 0.481 e. The summed E-state index contributed by atoms with van der Waals surface area (Å²) in [4.78, 5) is 13.4. The number of carboxylic acids is 1. The number of hydrogen-bond acceptors (Lipinski definition) is 2. The Morgan fingerprint density at radius 1 is 1.56 bits per heavy atom. The van der Waals surface area contributed by atoms with Crippen LogP contribution in [0.3, 0.4) is 0 Å².